The number of terminal acetylenes is 2. The molecule has 0 spiro atoms. The average molecular weight is 238 g/mol. The van der Waals surface area contributed by atoms with E-state index in [0.717, 1.165) is 0 Å². The van der Waals surface area contributed by atoms with Crippen molar-refractivity contribution in [1.29, 1.82) is 0 Å². The van der Waals surface area contributed by atoms with Crippen molar-refractivity contribution in [1.82, 2.24) is 0 Å². The summed E-state index contributed by atoms with van der Waals surface area (Å²) in [7, 11) is 0. The van der Waals surface area contributed by atoms with Gasteiger partial charge in [0, 0.05) is 0 Å². The zero-order chi connectivity index (χ0) is 12.7. The van der Waals surface area contributed by atoms with Crippen LogP contribution < -0.4 is 0 Å². The van der Waals surface area contributed by atoms with Crippen LogP contribution in [-0.2, 0) is 9.47 Å². The maximum absolute atomic E-state index is 12.9. The molecule has 0 bridgehead atoms. The van der Waals surface area contributed by atoms with Crippen LogP contribution in [0, 0.1) is 24.7 Å². The molecule has 0 fully saturated rings. The molecule has 0 saturated heterocycles. The fraction of sp³-hybridized carbons (Fsp3) is 0.600. The minimum atomic E-state index is -4.35. The lowest BCUT2D eigenvalue weighted by Crippen LogP contribution is -2.47. The van der Waals surface area contributed by atoms with Crippen LogP contribution >= 0.6 is 0 Å². The van der Waals surface area contributed by atoms with E-state index in [1.54, 1.807) is 0 Å². The van der Waals surface area contributed by atoms with Crippen molar-refractivity contribution < 1.29 is 27.0 Å². The van der Waals surface area contributed by atoms with Crippen LogP contribution in [0.5, 0.6) is 0 Å². The van der Waals surface area contributed by atoms with Crippen molar-refractivity contribution in [3.63, 3.8) is 0 Å². The van der Waals surface area contributed by atoms with Gasteiger partial charge in [-0.3, -0.25) is 0 Å². The van der Waals surface area contributed by atoms with E-state index >= 15 is 0 Å². The quantitative estimate of drug-likeness (QED) is 0.380. The molecule has 0 saturated carbocycles. The Morgan fingerprint density at radius 1 is 0.812 bits per heavy atom. The molecule has 0 aromatic rings. The SMILES string of the molecule is C#CCOCC(F)(F)C(F)(F)COCC#C. The zero-order valence-electron chi connectivity index (χ0n) is 8.31. The Labute approximate surface area is 90.9 Å². The molecule has 0 aliphatic carbocycles. The predicted octanol–water partition coefficient (Wildman–Crippen LogP) is 1.56. The Morgan fingerprint density at radius 2 is 1.12 bits per heavy atom. The molecule has 16 heavy (non-hydrogen) atoms. The normalized spacial score (nSPS) is 11.9. The van der Waals surface area contributed by atoms with Crippen molar-refractivity contribution >= 4 is 0 Å². The van der Waals surface area contributed by atoms with Crippen LogP contribution in [0.2, 0.25) is 0 Å². The van der Waals surface area contributed by atoms with Crippen molar-refractivity contribution in [3.8, 4) is 24.7 Å². The number of hydrogen-bond acceptors (Lipinski definition) is 2. The first-order valence-corrected chi connectivity index (χ1v) is 4.15. The average Bonchev–Trinajstić information content (AvgIpc) is 2.18. The summed E-state index contributed by atoms with van der Waals surface area (Å²) in [4.78, 5) is 0. The standard InChI is InChI=1S/C10H10F4O2/c1-3-5-15-7-9(11,12)10(13,14)8-16-6-4-2/h1-2H,5-8H2. The molecule has 0 aliphatic heterocycles. The molecule has 0 N–H and O–H groups in total. The van der Waals surface area contributed by atoms with E-state index in [-0.39, 0.29) is 0 Å². The maximum atomic E-state index is 12.9. The summed E-state index contributed by atoms with van der Waals surface area (Å²) in [5.74, 6) is -4.93. The Balaban J connectivity index is 4.23. The van der Waals surface area contributed by atoms with Gasteiger partial charge in [-0.15, -0.1) is 12.8 Å². The van der Waals surface area contributed by atoms with Gasteiger partial charge in [0.25, 0.3) is 0 Å². The Kier molecular flexibility index (Phi) is 5.87. The Hall–Kier alpha value is -1.24. The number of halogens is 4. The van der Waals surface area contributed by atoms with Crippen molar-refractivity contribution in [2.45, 2.75) is 11.8 Å². The van der Waals surface area contributed by atoms with Gasteiger partial charge < -0.3 is 9.47 Å². The Bertz CT molecular complexity index is 258. The second kappa shape index (κ2) is 6.37. The second-order valence-corrected chi connectivity index (χ2v) is 2.80. The van der Waals surface area contributed by atoms with Gasteiger partial charge in [0.15, 0.2) is 0 Å². The van der Waals surface area contributed by atoms with E-state index < -0.39 is 38.3 Å². The number of hydrogen-bond donors (Lipinski definition) is 0. The molecular weight excluding hydrogens is 228 g/mol. The van der Waals surface area contributed by atoms with Crippen LogP contribution in [0.15, 0.2) is 0 Å². The molecule has 0 aromatic carbocycles. The third kappa shape index (κ3) is 4.52. The van der Waals surface area contributed by atoms with Crippen LogP contribution in [0.3, 0.4) is 0 Å². The number of alkyl halides is 4. The fourth-order valence-corrected chi connectivity index (χ4v) is 0.687. The molecule has 2 nitrogen and oxygen atoms in total. The highest BCUT2D eigenvalue weighted by Crippen LogP contribution is 2.34. The predicted molar refractivity (Wildman–Crippen MR) is 49.2 cm³/mol. The van der Waals surface area contributed by atoms with Crippen molar-refractivity contribution in [2.75, 3.05) is 26.4 Å². The monoisotopic (exact) mass is 238 g/mol. The van der Waals surface area contributed by atoms with Gasteiger partial charge in [-0.2, -0.15) is 17.6 Å². The summed E-state index contributed by atoms with van der Waals surface area (Å²) < 4.78 is 59.9. The Morgan fingerprint density at radius 3 is 1.38 bits per heavy atom. The van der Waals surface area contributed by atoms with Crippen LogP contribution in [0.1, 0.15) is 0 Å². The summed E-state index contributed by atoms with van der Waals surface area (Å²) in [5.41, 5.74) is 0. The summed E-state index contributed by atoms with van der Waals surface area (Å²) in [6.45, 7) is -3.86. The van der Waals surface area contributed by atoms with Gasteiger partial charge in [-0.25, -0.2) is 0 Å². The fourth-order valence-electron chi connectivity index (χ4n) is 0.687. The third-order valence-corrected chi connectivity index (χ3v) is 1.47. The van der Waals surface area contributed by atoms with Gasteiger partial charge in [0.05, 0.1) is 0 Å². The van der Waals surface area contributed by atoms with E-state index in [4.69, 9.17) is 12.8 Å². The molecule has 0 unspecified atom stereocenters. The molecule has 90 valence electrons. The lowest BCUT2D eigenvalue weighted by molar-refractivity contribution is -0.248. The summed E-state index contributed by atoms with van der Waals surface area (Å²) >= 11 is 0. The van der Waals surface area contributed by atoms with Gasteiger partial charge in [0.1, 0.15) is 26.4 Å². The molecule has 0 atom stereocenters. The molecule has 6 heteroatoms. The zero-order valence-corrected chi connectivity index (χ0v) is 8.31. The molecule has 0 amide bonds. The molecule has 0 aliphatic rings. The third-order valence-electron chi connectivity index (χ3n) is 1.47. The number of rotatable bonds is 7. The summed E-state index contributed by atoms with van der Waals surface area (Å²) in [6, 6.07) is 0. The van der Waals surface area contributed by atoms with E-state index in [1.807, 2.05) is 11.8 Å². The first-order chi connectivity index (χ1) is 7.37. The highest BCUT2D eigenvalue weighted by Gasteiger charge is 2.56. The smallest absolute Gasteiger partial charge is 0.335 e. The lowest BCUT2D eigenvalue weighted by Gasteiger charge is -2.25. The molecule has 0 heterocycles. The van der Waals surface area contributed by atoms with Gasteiger partial charge in [-0.1, -0.05) is 11.8 Å². The van der Waals surface area contributed by atoms with Crippen LogP contribution in [0.25, 0.3) is 0 Å². The maximum Gasteiger partial charge on any atom is 0.335 e. The molecule has 0 radical (unpaired) electrons. The topological polar surface area (TPSA) is 18.5 Å². The first-order valence-electron chi connectivity index (χ1n) is 4.15. The minimum Gasteiger partial charge on any atom is -0.362 e. The van der Waals surface area contributed by atoms with E-state index in [0.29, 0.717) is 0 Å². The molecule has 0 aromatic heterocycles. The first kappa shape index (κ1) is 14.8. The summed E-state index contributed by atoms with van der Waals surface area (Å²) in [6.07, 6.45) is 9.42. The van der Waals surface area contributed by atoms with E-state index in [2.05, 4.69) is 9.47 Å². The van der Waals surface area contributed by atoms with Crippen LogP contribution in [-0.4, -0.2) is 38.3 Å². The van der Waals surface area contributed by atoms with E-state index in [9.17, 15) is 17.6 Å². The number of ether oxygens (including phenoxy) is 2. The van der Waals surface area contributed by atoms with Gasteiger partial charge in [0.2, 0.25) is 0 Å². The van der Waals surface area contributed by atoms with E-state index in [1.165, 1.54) is 0 Å². The highest BCUT2D eigenvalue weighted by atomic mass is 19.3. The van der Waals surface area contributed by atoms with Crippen LogP contribution in [0.4, 0.5) is 17.6 Å². The highest BCUT2D eigenvalue weighted by molar-refractivity contribution is 4.88. The summed E-state index contributed by atoms with van der Waals surface area (Å²) in [5, 5.41) is 0. The minimum absolute atomic E-state index is 0.461. The van der Waals surface area contributed by atoms with Gasteiger partial charge >= 0.3 is 11.8 Å². The largest absolute Gasteiger partial charge is 0.362 e. The van der Waals surface area contributed by atoms with Crippen molar-refractivity contribution in [2.24, 2.45) is 0 Å². The van der Waals surface area contributed by atoms with Crippen molar-refractivity contribution in [3.05, 3.63) is 0 Å². The second-order valence-electron chi connectivity index (χ2n) is 2.80. The molecule has 0 rings (SSSR count). The molecular formula is C10H10F4O2. The van der Waals surface area contributed by atoms with Gasteiger partial charge in [-0.05, 0) is 0 Å². The lowest BCUT2D eigenvalue weighted by atomic mass is 10.2.